The van der Waals surface area contributed by atoms with E-state index in [-0.39, 0.29) is 11.9 Å². The number of carbonyl (C=O) groups excluding carboxylic acids is 1. The zero-order valence-electron chi connectivity index (χ0n) is 8.50. The first kappa shape index (κ1) is 11.4. The second-order valence-corrected chi connectivity index (χ2v) is 3.59. The summed E-state index contributed by atoms with van der Waals surface area (Å²) in [7, 11) is 1.78. The molecule has 12 heavy (non-hydrogen) atoms. The van der Waals surface area contributed by atoms with Gasteiger partial charge in [0.25, 0.3) is 0 Å². The highest BCUT2D eigenvalue weighted by Crippen LogP contribution is 2.04. The molecule has 0 fully saturated rings. The zero-order valence-corrected chi connectivity index (χ0v) is 8.50. The molecule has 0 saturated heterocycles. The van der Waals surface area contributed by atoms with Crippen molar-refractivity contribution in [2.24, 2.45) is 11.7 Å². The van der Waals surface area contributed by atoms with Crippen molar-refractivity contribution < 1.29 is 4.79 Å². The predicted octanol–water partition coefficient (Wildman–Crippen LogP) is 0.838. The van der Waals surface area contributed by atoms with Crippen molar-refractivity contribution in [3.05, 3.63) is 0 Å². The molecule has 0 aromatic heterocycles. The second-order valence-electron chi connectivity index (χ2n) is 3.59. The molecule has 0 rings (SSSR count). The summed E-state index contributed by atoms with van der Waals surface area (Å²) in [5.74, 6) is 0.528. The third-order valence-electron chi connectivity index (χ3n) is 1.89. The molecule has 0 radical (unpaired) electrons. The monoisotopic (exact) mass is 172 g/mol. The molecule has 0 bridgehead atoms. The molecule has 0 saturated carbocycles. The number of carbonyl (C=O) groups is 1. The van der Waals surface area contributed by atoms with Gasteiger partial charge in [-0.15, -0.1) is 0 Å². The standard InChI is InChI=1S/C9H20N2O/c1-5-11(4)9(12)8(10)6-7(2)3/h7-8H,5-6,10H2,1-4H3. The van der Waals surface area contributed by atoms with Gasteiger partial charge in [0.05, 0.1) is 6.04 Å². The summed E-state index contributed by atoms with van der Waals surface area (Å²) in [5, 5.41) is 0. The van der Waals surface area contributed by atoms with Crippen molar-refractivity contribution >= 4 is 5.91 Å². The maximum absolute atomic E-state index is 11.4. The molecule has 0 aliphatic heterocycles. The molecule has 0 spiro atoms. The molecular weight excluding hydrogens is 152 g/mol. The van der Waals surface area contributed by atoms with Crippen LogP contribution in [0, 0.1) is 5.92 Å². The minimum Gasteiger partial charge on any atom is -0.345 e. The summed E-state index contributed by atoms with van der Waals surface area (Å²) in [5.41, 5.74) is 5.70. The van der Waals surface area contributed by atoms with Gasteiger partial charge in [-0.1, -0.05) is 13.8 Å². The van der Waals surface area contributed by atoms with Crippen LogP contribution < -0.4 is 5.73 Å². The zero-order chi connectivity index (χ0) is 9.72. The predicted molar refractivity (Wildman–Crippen MR) is 50.7 cm³/mol. The van der Waals surface area contributed by atoms with Crippen LogP contribution in [-0.4, -0.2) is 30.4 Å². The van der Waals surface area contributed by atoms with Crippen molar-refractivity contribution in [1.29, 1.82) is 0 Å². The molecule has 3 heteroatoms. The van der Waals surface area contributed by atoms with Crippen molar-refractivity contribution in [3.63, 3.8) is 0 Å². The molecular formula is C9H20N2O. The SMILES string of the molecule is CCN(C)C(=O)C(N)CC(C)C. The van der Waals surface area contributed by atoms with E-state index in [1.54, 1.807) is 11.9 Å². The largest absolute Gasteiger partial charge is 0.345 e. The van der Waals surface area contributed by atoms with Crippen LogP contribution in [0.15, 0.2) is 0 Å². The molecule has 0 heterocycles. The van der Waals surface area contributed by atoms with Crippen LogP contribution in [0.5, 0.6) is 0 Å². The Kier molecular flexibility index (Phi) is 4.90. The number of nitrogens with two attached hydrogens (primary N) is 1. The highest BCUT2D eigenvalue weighted by atomic mass is 16.2. The molecule has 72 valence electrons. The van der Waals surface area contributed by atoms with Gasteiger partial charge in [0, 0.05) is 13.6 Å². The quantitative estimate of drug-likeness (QED) is 0.683. The Labute approximate surface area is 74.9 Å². The van der Waals surface area contributed by atoms with Crippen LogP contribution in [0.25, 0.3) is 0 Å². The molecule has 3 nitrogen and oxygen atoms in total. The van der Waals surface area contributed by atoms with Crippen LogP contribution in [0.3, 0.4) is 0 Å². The summed E-state index contributed by atoms with van der Waals surface area (Å²) < 4.78 is 0. The van der Waals surface area contributed by atoms with Gasteiger partial charge < -0.3 is 10.6 Å². The van der Waals surface area contributed by atoms with E-state index in [9.17, 15) is 4.79 Å². The third kappa shape index (κ3) is 3.72. The van der Waals surface area contributed by atoms with Gasteiger partial charge in [-0.25, -0.2) is 0 Å². The maximum atomic E-state index is 11.4. The van der Waals surface area contributed by atoms with Gasteiger partial charge in [-0.05, 0) is 19.3 Å². The Hall–Kier alpha value is -0.570. The molecule has 0 aliphatic carbocycles. The van der Waals surface area contributed by atoms with Gasteiger partial charge in [0.1, 0.15) is 0 Å². The minimum atomic E-state index is -0.324. The lowest BCUT2D eigenvalue weighted by atomic mass is 10.0. The smallest absolute Gasteiger partial charge is 0.239 e. The van der Waals surface area contributed by atoms with Crippen molar-refractivity contribution in [2.45, 2.75) is 33.2 Å². The summed E-state index contributed by atoms with van der Waals surface area (Å²) in [4.78, 5) is 13.1. The van der Waals surface area contributed by atoms with E-state index >= 15 is 0 Å². The van der Waals surface area contributed by atoms with Gasteiger partial charge in [-0.3, -0.25) is 4.79 Å². The Morgan fingerprint density at radius 1 is 1.50 bits per heavy atom. The number of rotatable bonds is 4. The van der Waals surface area contributed by atoms with Gasteiger partial charge >= 0.3 is 0 Å². The Morgan fingerprint density at radius 3 is 2.33 bits per heavy atom. The van der Waals surface area contributed by atoms with Gasteiger partial charge in [-0.2, -0.15) is 0 Å². The normalized spacial score (nSPS) is 13.2. The lowest BCUT2D eigenvalue weighted by Gasteiger charge is -2.20. The lowest BCUT2D eigenvalue weighted by Crippen LogP contribution is -2.42. The molecule has 1 unspecified atom stereocenters. The number of hydrogen-bond donors (Lipinski definition) is 1. The van der Waals surface area contributed by atoms with Crippen LogP contribution in [0.4, 0.5) is 0 Å². The Bertz CT molecular complexity index is 145. The topological polar surface area (TPSA) is 46.3 Å². The molecule has 1 amide bonds. The first-order valence-corrected chi connectivity index (χ1v) is 4.49. The first-order chi connectivity index (χ1) is 5.49. The number of nitrogens with zero attached hydrogens (tertiary/aromatic N) is 1. The van der Waals surface area contributed by atoms with E-state index in [4.69, 9.17) is 5.73 Å². The van der Waals surface area contributed by atoms with E-state index < -0.39 is 0 Å². The highest BCUT2D eigenvalue weighted by molar-refractivity contribution is 5.81. The molecule has 0 aliphatic rings. The van der Waals surface area contributed by atoms with Crippen molar-refractivity contribution in [1.82, 2.24) is 4.90 Å². The number of hydrogen-bond acceptors (Lipinski definition) is 2. The highest BCUT2D eigenvalue weighted by Gasteiger charge is 2.17. The number of amides is 1. The van der Waals surface area contributed by atoms with E-state index in [2.05, 4.69) is 13.8 Å². The van der Waals surface area contributed by atoms with Crippen molar-refractivity contribution in [3.8, 4) is 0 Å². The van der Waals surface area contributed by atoms with Crippen LogP contribution in [0.2, 0.25) is 0 Å². The van der Waals surface area contributed by atoms with E-state index in [0.29, 0.717) is 5.92 Å². The summed E-state index contributed by atoms with van der Waals surface area (Å²) >= 11 is 0. The molecule has 0 aromatic rings. The molecule has 0 aromatic carbocycles. The number of likely N-dealkylation sites (N-methyl/N-ethyl adjacent to an activating group) is 1. The van der Waals surface area contributed by atoms with E-state index in [0.717, 1.165) is 13.0 Å². The Balaban J connectivity index is 3.92. The van der Waals surface area contributed by atoms with Crippen molar-refractivity contribution in [2.75, 3.05) is 13.6 Å². The van der Waals surface area contributed by atoms with E-state index in [1.807, 2.05) is 6.92 Å². The fourth-order valence-electron chi connectivity index (χ4n) is 1.05. The van der Waals surface area contributed by atoms with E-state index in [1.165, 1.54) is 0 Å². The fourth-order valence-corrected chi connectivity index (χ4v) is 1.05. The average molecular weight is 172 g/mol. The fraction of sp³-hybridized carbons (Fsp3) is 0.889. The Morgan fingerprint density at radius 2 is 2.00 bits per heavy atom. The second kappa shape index (κ2) is 5.14. The average Bonchev–Trinajstić information content (AvgIpc) is 2.00. The minimum absolute atomic E-state index is 0.0474. The third-order valence-corrected chi connectivity index (χ3v) is 1.89. The molecule has 2 N–H and O–H groups in total. The van der Waals surface area contributed by atoms with Crippen LogP contribution >= 0.6 is 0 Å². The van der Waals surface area contributed by atoms with Crippen LogP contribution in [-0.2, 0) is 4.79 Å². The van der Waals surface area contributed by atoms with Gasteiger partial charge in [0.15, 0.2) is 0 Å². The maximum Gasteiger partial charge on any atom is 0.239 e. The molecule has 1 atom stereocenters. The first-order valence-electron chi connectivity index (χ1n) is 4.49. The van der Waals surface area contributed by atoms with Crippen LogP contribution in [0.1, 0.15) is 27.2 Å². The van der Waals surface area contributed by atoms with Gasteiger partial charge in [0.2, 0.25) is 5.91 Å². The summed E-state index contributed by atoms with van der Waals surface area (Å²) in [6.45, 7) is 6.81. The summed E-state index contributed by atoms with van der Waals surface area (Å²) in [6, 6.07) is -0.324. The summed E-state index contributed by atoms with van der Waals surface area (Å²) in [6.07, 6.45) is 0.767. The lowest BCUT2D eigenvalue weighted by molar-refractivity contribution is -0.131.